The van der Waals surface area contributed by atoms with Crippen molar-refractivity contribution in [3.8, 4) is 0 Å². The summed E-state index contributed by atoms with van der Waals surface area (Å²) in [5.74, 6) is 4.92. The quantitative estimate of drug-likeness (QED) is 0.231. The molecule has 0 unspecified atom stereocenters. The number of hydrogen-bond donors (Lipinski definition) is 0. The molecule has 0 atom stereocenters. The summed E-state index contributed by atoms with van der Waals surface area (Å²) in [5, 5.41) is 0. The Bertz CT molecular complexity index is 1620. The van der Waals surface area contributed by atoms with Crippen LogP contribution < -0.4 is 0 Å². The van der Waals surface area contributed by atoms with Crippen LogP contribution in [0, 0.1) is 89.8 Å². The van der Waals surface area contributed by atoms with E-state index >= 15 is 0 Å². The van der Waals surface area contributed by atoms with E-state index in [-0.39, 0.29) is 0 Å². The van der Waals surface area contributed by atoms with E-state index < -0.39 is 0 Å². The summed E-state index contributed by atoms with van der Waals surface area (Å²) in [7, 11) is 0. The molecule has 3 aromatic rings. The van der Waals surface area contributed by atoms with Crippen LogP contribution in [0.4, 0.5) is 0 Å². The Labute approximate surface area is 444 Å². The van der Waals surface area contributed by atoms with Crippen molar-refractivity contribution in [2.75, 3.05) is 0 Å². The van der Waals surface area contributed by atoms with E-state index in [4.69, 9.17) is 0 Å². The van der Waals surface area contributed by atoms with Gasteiger partial charge in [-0.3, -0.25) is 0 Å². The van der Waals surface area contributed by atoms with Crippen LogP contribution in [0.2, 0.25) is 0 Å². The Balaban J connectivity index is -0.000000745. The smallest absolute Gasteiger partial charge is 0.0219 e. The lowest BCUT2D eigenvalue weighted by Gasteiger charge is -2.54. The zero-order valence-electron chi connectivity index (χ0n) is 53.5. The predicted octanol–water partition coefficient (Wildman–Crippen LogP) is 23.9. The summed E-state index contributed by atoms with van der Waals surface area (Å²) < 4.78 is 0. The highest BCUT2D eigenvalue weighted by molar-refractivity contribution is 5.24. The second kappa shape index (κ2) is 34.2. The van der Waals surface area contributed by atoms with Crippen molar-refractivity contribution in [3.05, 3.63) is 106 Å². The highest BCUT2D eigenvalue weighted by atomic mass is 14.5. The van der Waals surface area contributed by atoms with Crippen LogP contribution in [-0.4, -0.2) is 0 Å². The van der Waals surface area contributed by atoms with E-state index in [9.17, 15) is 0 Å². The zero-order chi connectivity index (χ0) is 55.5. The molecule has 0 heteroatoms. The average Bonchev–Trinajstić information content (AvgIpc) is 3.68. The molecule has 2 aliphatic carbocycles. The molecule has 2 fully saturated rings. The van der Waals surface area contributed by atoms with E-state index in [1.54, 1.807) is 0 Å². The molecule has 0 bridgehead atoms. The number of hydrogen-bond acceptors (Lipinski definition) is 0. The maximum Gasteiger partial charge on any atom is -0.0219 e. The molecular weight excluding hydrogens is 841 g/mol. The molecular formula is C70H128. The molecule has 0 radical (unpaired) electrons. The number of rotatable bonds is 6. The Morgan fingerprint density at radius 3 is 1.01 bits per heavy atom. The highest BCUT2D eigenvalue weighted by Gasteiger charge is 2.47. The maximum absolute atomic E-state index is 2.43. The van der Waals surface area contributed by atoms with Gasteiger partial charge >= 0.3 is 0 Å². The lowest BCUT2D eigenvalue weighted by molar-refractivity contribution is -0.0423. The Hall–Kier alpha value is -2.34. The van der Waals surface area contributed by atoms with Crippen LogP contribution >= 0.6 is 0 Å². The highest BCUT2D eigenvalue weighted by Crippen LogP contribution is 2.57. The molecule has 0 N–H and O–H groups in total. The standard InChI is InChI=1S/C13H26.C12H18.C10H14.C8H10.C8H16.C8H18.C6H14.C5H12/c1-10-12(4,5)8-11(2,3)9-13(10,6)7;1-10-5-7-11(8-6-10)9-12(2,3)4;1-8(2)10-6-4-9(3)5-7-10;1-7-3-5-8(2)6-4-7;1-3-8(2)6-4-5-7-8;1-6(2)8(5)7(3)4;1-5-6(2,3)4;1-4-5(2)3/h10H,8-9H2,1-7H3;5-8H,9H2,1-4H3;4-8H,1-3H3;3-6H,1-2H3;3-7H2,1-2H3;6-8H,1-5H3;5H2,1-4H3;5H,4H2,1-3H3. The summed E-state index contributed by atoms with van der Waals surface area (Å²) in [5.41, 5.74) is 11.4. The van der Waals surface area contributed by atoms with Crippen molar-refractivity contribution in [1.82, 2.24) is 0 Å². The lowest BCUT2D eigenvalue weighted by atomic mass is 9.51. The summed E-state index contributed by atoms with van der Waals surface area (Å²) in [4.78, 5) is 0. The molecule has 0 heterocycles. The topological polar surface area (TPSA) is 0 Å². The third-order valence-electron chi connectivity index (χ3n) is 15.7. The molecule has 5 rings (SSSR count). The molecule has 2 aliphatic rings. The van der Waals surface area contributed by atoms with Gasteiger partial charge in [-0.25, -0.2) is 0 Å². The van der Waals surface area contributed by atoms with Crippen LogP contribution in [0.5, 0.6) is 0 Å². The van der Waals surface area contributed by atoms with Crippen molar-refractivity contribution in [3.63, 3.8) is 0 Å². The molecule has 0 amide bonds. The van der Waals surface area contributed by atoms with Gasteiger partial charge in [0.05, 0.1) is 0 Å². The molecule has 0 spiro atoms. The summed E-state index contributed by atoms with van der Waals surface area (Å²) in [6, 6.07) is 26.0. The second-order valence-electron chi connectivity index (χ2n) is 28.6. The van der Waals surface area contributed by atoms with E-state index in [0.717, 1.165) is 41.4 Å². The van der Waals surface area contributed by atoms with E-state index in [2.05, 4.69) is 281 Å². The molecule has 0 nitrogen and oxygen atoms in total. The second-order valence-corrected chi connectivity index (χ2v) is 28.6. The molecule has 2 saturated carbocycles. The molecule has 0 aliphatic heterocycles. The summed E-state index contributed by atoms with van der Waals surface area (Å²) in [6.07, 6.45) is 13.8. The third kappa shape index (κ3) is 37.4. The van der Waals surface area contributed by atoms with Gasteiger partial charge in [-0.2, -0.15) is 0 Å². The van der Waals surface area contributed by atoms with Gasteiger partial charge in [0.25, 0.3) is 0 Å². The largest absolute Gasteiger partial charge is 0.0651 e. The SMILES string of the molecule is CC(C)C(C)C(C)C.CC1C(C)(C)CC(C)(C)CC1(C)C.CCC(C)(C)C.CCC(C)C.CCC1(C)CCCC1.Cc1ccc(C(C)C)cc1.Cc1ccc(C)cc1.Cc1ccc(CC(C)(C)C)cc1. The van der Waals surface area contributed by atoms with Crippen molar-refractivity contribution in [2.45, 2.75) is 278 Å². The first-order chi connectivity index (χ1) is 31.7. The fourth-order valence-electron chi connectivity index (χ4n) is 9.15. The number of benzene rings is 3. The van der Waals surface area contributed by atoms with Crippen LogP contribution in [-0.2, 0) is 6.42 Å². The van der Waals surface area contributed by atoms with Crippen LogP contribution in [0.3, 0.4) is 0 Å². The Morgan fingerprint density at radius 2 is 0.800 bits per heavy atom. The molecule has 0 aromatic heterocycles. The summed E-state index contributed by atoms with van der Waals surface area (Å²) >= 11 is 0. The average molecular weight is 970 g/mol. The minimum atomic E-state index is 0.398. The van der Waals surface area contributed by atoms with Gasteiger partial charge in [-0.1, -0.05) is 307 Å². The van der Waals surface area contributed by atoms with Gasteiger partial charge in [0.1, 0.15) is 0 Å². The van der Waals surface area contributed by atoms with E-state index in [1.165, 1.54) is 91.2 Å². The molecule has 3 aromatic carbocycles. The molecule has 0 saturated heterocycles. The first-order valence-electron chi connectivity index (χ1n) is 28.8. The summed E-state index contributed by atoms with van der Waals surface area (Å²) in [6.45, 7) is 68.4. The van der Waals surface area contributed by atoms with Gasteiger partial charge in [-0.05, 0) is 139 Å². The van der Waals surface area contributed by atoms with Crippen molar-refractivity contribution >= 4 is 0 Å². The van der Waals surface area contributed by atoms with Gasteiger partial charge in [-0.15, -0.1) is 0 Å². The third-order valence-corrected chi connectivity index (χ3v) is 15.7. The van der Waals surface area contributed by atoms with E-state index in [0.29, 0.717) is 33.0 Å². The van der Waals surface area contributed by atoms with Crippen LogP contribution in [0.1, 0.15) is 277 Å². The molecule has 70 heavy (non-hydrogen) atoms. The minimum Gasteiger partial charge on any atom is -0.0651 e. The first-order valence-corrected chi connectivity index (χ1v) is 28.8. The monoisotopic (exact) mass is 969 g/mol. The minimum absolute atomic E-state index is 0.398. The first kappa shape index (κ1) is 71.9. The normalized spacial score (nSPS) is 16.5. The van der Waals surface area contributed by atoms with Gasteiger partial charge < -0.3 is 0 Å². The molecule has 408 valence electrons. The van der Waals surface area contributed by atoms with Crippen molar-refractivity contribution in [1.29, 1.82) is 0 Å². The predicted molar refractivity (Wildman–Crippen MR) is 326 cm³/mol. The van der Waals surface area contributed by atoms with Gasteiger partial charge in [0, 0.05) is 0 Å². The fourth-order valence-corrected chi connectivity index (χ4v) is 9.15. The van der Waals surface area contributed by atoms with E-state index in [1.807, 2.05) is 0 Å². The van der Waals surface area contributed by atoms with Crippen LogP contribution in [0.25, 0.3) is 0 Å². The number of aryl methyl sites for hydroxylation is 4. The fraction of sp³-hybridized carbons (Fsp3) is 0.743. The van der Waals surface area contributed by atoms with Crippen molar-refractivity contribution < 1.29 is 0 Å². The Morgan fingerprint density at radius 1 is 0.500 bits per heavy atom. The Kier molecular flexibility index (Phi) is 35.1. The van der Waals surface area contributed by atoms with Gasteiger partial charge in [0.2, 0.25) is 0 Å². The van der Waals surface area contributed by atoms with Crippen molar-refractivity contribution in [2.24, 2.45) is 62.1 Å². The zero-order valence-corrected chi connectivity index (χ0v) is 53.5. The van der Waals surface area contributed by atoms with Crippen LogP contribution in [0.15, 0.2) is 72.8 Å². The maximum atomic E-state index is 2.43. The van der Waals surface area contributed by atoms with Gasteiger partial charge in [0.15, 0.2) is 0 Å². The lowest BCUT2D eigenvalue weighted by Crippen LogP contribution is -2.45.